The number of piperidine rings is 1. The summed E-state index contributed by atoms with van der Waals surface area (Å²) in [6.45, 7) is 2.76. The van der Waals surface area contributed by atoms with Gasteiger partial charge in [0.1, 0.15) is 5.75 Å². The van der Waals surface area contributed by atoms with E-state index in [9.17, 15) is 8.42 Å². The third kappa shape index (κ3) is 4.11. The fourth-order valence-electron chi connectivity index (χ4n) is 2.42. The lowest BCUT2D eigenvalue weighted by atomic mass is 10.1. The lowest BCUT2D eigenvalue weighted by Crippen LogP contribution is -2.40. The largest absolute Gasteiger partial charge is 0.497 e. The third-order valence-corrected chi connectivity index (χ3v) is 4.90. The van der Waals surface area contributed by atoms with Gasteiger partial charge in [0.15, 0.2) is 0 Å². The summed E-state index contributed by atoms with van der Waals surface area (Å²) in [5.74, 6) is 0.845. The molecule has 2 rings (SSSR count). The van der Waals surface area contributed by atoms with Gasteiger partial charge in [-0.05, 0) is 50.1 Å². The van der Waals surface area contributed by atoms with E-state index >= 15 is 0 Å². The van der Waals surface area contributed by atoms with Crippen LogP contribution < -0.4 is 14.8 Å². The molecule has 0 aromatic heterocycles. The molecular formula is C14H22N2O3S. The van der Waals surface area contributed by atoms with Gasteiger partial charge in [0, 0.05) is 6.04 Å². The number of aryl methyl sites for hydroxylation is 1. The highest BCUT2D eigenvalue weighted by Crippen LogP contribution is 2.22. The second-order valence-corrected chi connectivity index (χ2v) is 6.98. The first-order chi connectivity index (χ1) is 9.50. The summed E-state index contributed by atoms with van der Waals surface area (Å²) in [5, 5.41) is 3.25. The van der Waals surface area contributed by atoms with Gasteiger partial charge in [0.2, 0.25) is 10.0 Å². The van der Waals surface area contributed by atoms with Crippen molar-refractivity contribution in [3.63, 3.8) is 0 Å². The predicted molar refractivity (Wildman–Crippen MR) is 80.8 cm³/mol. The molecule has 0 amide bonds. The van der Waals surface area contributed by atoms with Gasteiger partial charge >= 0.3 is 0 Å². The van der Waals surface area contributed by atoms with Crippen molar-refractivity contribution in [3.8, 4) is 5.75 Å². The molecule has 112 valence electrons. The number of benzene rings is 1. The molecule has 0 spiro atoms. The van der Waals surface area contributed by atoms with Crippen molar-refractivity contribution in [1.29, 1.82) is 0 Å². The van der Waals surface area contributed by atoms with Gasteiger partial charge in [-0.1, -0.05) is 6.42 Å². The predicted octanol–water partition coefficient (Wildman–Crippen LogP) is 1.89. The zero-order valence-corrected chi connectivity index (χ0v) is 12.8. The van der Waals surface area contributed by atoms with Crippen LogP contribution >= 0.6 is 0 Å². The van der Waals surface area contributed by atoms with Crippen LogP contribution in [0.2, 0.25) is 0 Å². The van der Waals surface area contributed by atoms with E-state index in [0.717, 1.165) is 37.1 Å². The minimum atomic E-state index is -3.33. The highest BCUT2D eigenvalue weighted by atomic mass is 32.2. The summed E-state index contributed by atoms with van der Waals surface area (Å²) < 4.78 is 32.2. The Morgan fingerprint density at radius 2 is 2.20 bits per heavy atom. The Morgan fingerprint density at radius 1 is 1.40 bits per heavy atom. The first-order valence-corrected chi connectivity index (χ1v) is 8.54. The van der Waals surface area contributed by atoms with Crippen molar-refractivity contribution in [2.24, 2.45) is 0 Å². The Morgan fingerprint density at radius 3 is 2.80 bits per heavy atom. The van der Waals surface area contributed by atoms with Gasteiger partial charge in [-0.15, -0.1) is 0 Å². The minimum absolute atomic E-state index is 0.0554. The van der Waals surface area contributed by atoms with Crippen LogP contribution in [0.3, 0.4) is 0 Å². The number of hydrogen-bond acceptors (Lipinski definition) is 4. The fraction of sp³-hybridized carbons (Fsp3) is 0.571. The maximum absolute atomic E-state index is 12.2. The molecule has 5 nitrogen and oxygen atoms in total. The van der Waals surface area contributed by atoms with Crippen molar-refractivity contribution in [2.45, 2.75) is 32.2 Å². The SMILES string of the molecule is COc1ccc(NS(=O)(=O)CC2CCCCN2)c(C)c1. The molecule has 20 heavy (non-hydrogen) atoms. The van der Waals surface area contributed by atoms with Crippen molar-refractivity contribution < 1.29 is 13.2 Å². The summed E-state index contributed by atoms with van der Waals surface area (Å²) >= 11 is 0. The standard InChI is InChI=1S/C14H22N2O3S/c1-11-9-13(19-2)6-7-14(11)16-20(17,18)10-12-5-3-4-8-15-12/h6-7,9,12,15-16H,3-5,8,10H2,1-2H3. The lowest BCUT2D eigenvalue weighted by Gasteiger charge is -2.23. The lowest BCUT2D eigenvalue weighted by molar-refractivity contribution is 0.414. The van der Waals surface area contributed by atoms with Gasteiger partial charge < -0.3 is 10.1 Å². The van der Waals surface area contributed by atoms with Crippen LogP contribution in [-0.4, -0.2) is 33.9 Å². The fourth-order valence-corrected chi connectivity index (χ4v) is 3.88. The summed E-state index contributed by atoms with van der Waals surface area (Å²) in [7, 11) is -1.74. The van der Waals surface area contributed by atoms with Gasteiger partial charge in [0.05, 0.1) is 18.6 Å². The molecule has 0 saturated carbocycles. The van der Waals surface area contributed by atoms with Crippen LogP contribution in [0.25, 0.3) is 0 Å². The molecule has 1 aliphatic rings. The van der Waals surface area contributed by atoms with Crippen LogP contribution in [0.15, 0.2) is 18.2 Å². The Kier molecular flexibility index (Phi) is 4.88. The first-order valence-electron chi connectivity index (χ1n) is 6.89. The van der Waals surface area contributed by atoms with E-state index in [1.54, 1.807) is 19.2 Å². The Bertz CT molecular complexity index is 552. The zero-order chi connectivity index (χ0) is 14.6. The van der Waals surface area contributed by atoms with Gasteiger partial charge in [-0.25, -0.2) is 8.42 Å². The Balaban J connectivity index is 2.03. The van der Waals surface area contributed by atoms with Crippen molar-refractivity contribution >= 4 is 15.7 Å². The molecule has 2 N–H and O–H groups in total. The number of nitrogens with one attached hydrogen (secondary N) is 2. The third-order valence-electron chi connectivity index (χ3n) is 3.53. The van der Waals surface area contributed by atoms with E-state index < -0.39 is 10.0 Å². The monoisotopic (exact) mass is 298 g/mol. The smallest absolute Gasteiger partial charge is 0.234 e. The number of sulfonamides is 1. The number of methoxy groups -OCH3 is 1. The number of hydrogen-bond donors (Lipinski definition) is 2. The Hall–Kier alpha value is -1.27. The first kappa shape index (κ1) is 15.1. The van der Waals surface area contributed by atoms with Crippen LogP contribution in [0, 0.1) is 6.92 Å². The molecule has 1 saturated heterocycles. The highest BCUT2D eigenvalue weighted by molar-refractivity contribution is 7.92. The van der Waals surface area contributed by atoms with Gasteiger partial charge in [-0.3, -0.25) is 4.72 Å². The van der Waals surface area contributed by atoms with Crippen LogP contribution in [0.4, 0.5) is 5.69 Å². The van der Waals surface area contributed by atoms with Crippen molar-refractivity contribution in [1.82, 2.24) is 5.32 Å². The molecule has 0 radical (unpaired) electrons. The summed E-state index contributed by atoms with van der Waals surface area (Å²) in [6, 6.07) is 5.36. The highest BCUT2D eigenvalue weighted by Gasteiger charge is 2.21. The van der Waals surface area contributed by atoms with E-state index in [0.29, 0.717) is 5.69 Å². The number of rotatable bonds is 5. The van der Waals surface area contributed by atoms with E-state index in [1.807, 2.05) is 13.0 Å². The Labute approximate surface area is 120 Å². The average Bonchev–Trinajstić information content (AvgIpc) is 2.41. The van der Waals surface area contributed by atoms with Crippen LogP contribution in [-0.2, 0) is 10.0 Å². The topological polar surface area (TPSA) is 67.4 Å². The van der Waals surface area contributed by atoms with E-state index in [1.165, 1.54) is 0 Å². The normalized spacial score (nSPS) is 19.6. The molecule has 1 aliphatic heterocycles. The maximum atomic E-state index is 12.2. The molecule has 6 heteroatoms. The quantitative estimate of drug-likeness (QED) is 0.871. The minimum Gasteiger partial charge on any atom is -0.497 e. The molecule has 1 atom stereocenters. The zero-order valence-electron chi connectivity index (χ0n) is 12.0. The van der Waals surface area contributed by atoms with Crippen molar-refractivity contribution in [2.75, 3.05) is 24.1 Å². The molecule has 0 aliphatic carbocycles. The van der Waals surface area contributed by atoms with Crippen LogP contribution in [0.5, 0.6) is 5.75 Å². The molecule has 0 bridgehead atoms. The molecule has 1 aromatic rings. The molecule has 1 fully saturated rings. The maximum Gasteiger partial charge on any atom is 0.234 e. The number of anilines is 1. The number of ether oxygens (including phenoxy) is 1. The second-order valence-electron chi connectivity index (χ2n) is 5.21. The van der Waals surface area contributed by atoms with Crippen molar-refractivity contribution in [3.05, 3.63) is 23.8 Å². The molecular weight excluding hydrogens is 276 g/mol. The van der Waals surface area contributed by atoms with Gasteiger partial charge in [-0.2, -0.15) is 0 Å². The summed E-state index contributed by atoms with van der Waals surface area (Å²) in [4.78, 5) is 0. The van der Waals surface area contributed by atoms with Gasteiger partial charge in [0.25, 0.3) is 0 Å². The van der Waals surface area contributed by atoms with E-state index in [4.69, 9.17) is 4.74 Å². The average molecular weight is 298 g/mol. The second kappa shape index (κ2) is 6.45. The van der Waals surface area contributed by atoms with E-state index in [-0.39, 0.29) is 11.8 Å². The molecule has 1 unspecified atom stereocenters. The molecule has 1 aromatic carbocycles. The summed E-state index contributed by atoms with van der Waals surface area (Å²) in [5.41, 5.74) is 1.46. The van der Waals surface area contributed by atoms with E-state index in [2.05, 4.69) is 10.0 Å². The molecule has 1 heterocycles. The van der Waals surface area contributed by atoms with Crippen LogP contribution in [0.1, 0.15) is 24.8 Å². The summed E-state index contributed by atoms with van der Waals surface area (Å²) in [6.07, 6.45) is 3.14.